The number of ether oxygens (including phenoxy) is 1. The highest BCUT2D eigenvalue weighted by atomic mass is 32.2. The van der Waals surface area contributed by atoms with E-state index in [1.54, 1.807) is 11.7 Å². The maximum atomic E-state index is 11.2. The Balaban J connectivity index is 2.43. The lowest BCUT2D eigenvalue weighted by Crippen LogP contribution is -2.26. The van der Waals surface area contributed by atoms with Crippen LogP contribution >= 0.6 is 10.7 Å². The van der Waals surface area contributed by atoms with Crippen molar-refractivity contribution < 1.29 is 9.53 Å². The number of thiazole rings is 1. The second-order valence-corrected chi connectivity index (χ2v) is 4.95. The minimum atomic E-state index is -0.450. The van der Waals surface area contributed by atoms with Gasteiger partial charge < -0.3 is 4.74 Å². The molecule has 4 nitrogen and oxygen atoms in total. The summed E-state index contributed by atoms with van der Waals surface area (Å²) in [7, 11) is -0.389. The molecule has 0 aromatic carbocycles. The number of aromatic nitrogens is 1. The lowest BCUT2D eigenvalue weighted by molar-refractivity contribution is 0.0643. The zero-order valence-corrected chi connectivity index (χ0v) is 8.72. The SMILES string of the molecule is CC(C)(C)OC(=O)N[s+]1ccnc1. The number of carbonyl (C=O) groups is 1. The second kappa shape index (κ2) is 3.74. The molecule has 1 rings (SSSR count). The van der Waals surface area contributed by atoms with Gasteiger partial charge in [0.15, 0.2) is 5.38 Å². The summed E-state index contributed by atoms with van der Waals surface area (Å²) < 4.78 is 7.73. The number of hydrogen-bond acceptors (Lipinski definition) is 3. The number of nitrogens with one attached hydrogen (secondary N) is 1. The largest absolute Gasteiger partial charge is 0.453 e. The molecule has 0 aliphatic heterocycles. The summed E-state index contributed by atoms with van der Waals surface area (Å²) in [6.45, 7) is 5.48. The van der Waals surface area contributed by atoms with Crippen LogP contribution < -0.4 is 4.72 Å². The minimum absolute atomic E-state index is 0.389. The van der Waals surface area contributed by atoms with Crippen LogP contribution in [0.5, 0.6) is 0 Å². The van der Waals surface area contributed by atoms with E-state index in [4.69, 9.17) is 4.74 Å². The molecule has 13 heavy (non-hydrogen) atoms. The third-order valence-corrected chi connectivity index (χ3v) is 2.23. The zero-order valence-electron chi connectivity index (χ0n) is 7.90. The van der Waals surface area contributed by atoms with Crippen molar-refractivity contribution in [2.24, 2.45) is 0 Å². The summed E-state index contributed by atoms with van der Waals surface area (Å²) in [5.41, 5.74) is 1.22. The highest BCUT2D eigenvalue weighted by molar-refractivity contribution is 7.31. The molecule has 1 unspecified atom stereocenters. The van der Waals surface area contributed by atoms with E-state index in [9.17, 15) is 4.79 Å². The first kappa shape index (κ1) is 9.98. The van der Waals surface area contributed by atoms with Crippen molar-refractivity contribution in [2.75, 3.05) is 4.72 Å². The predicted octanol–water partition coefficient (Wildman–Crippen LogP) is 2.31. The molecule has 72 valence electrons. The third kappa shape index (κ3) is 3.89. The Morgan fingerprint density at radius 2 is 2.23 bits per heavy atom. The lowest BCUT2D eigenvalue weighted by Gasteiger charge is -2.17. The minimum Gasteiger partial charge on any atom is -0.441 e. The van der Waals surface area contributed by atoms with Crippen molar-refractivity contribution in [2.45, 2.75) is 26.4 Å². The Kier molecular flexibility index (Phi) is 2.87. The van der Waals surface area contributed by atoms with Crippen LogP contribution in [0.1, 0.15) is 20.8 Å². The highest BCUT2D eigenvalue weighted by Gasteiger charge is 2.19. The monoisotopic (exact) mass is 201 g/mol. The van der Waals surface area contributed by atoms with Gasteiger partial charge in [-0.3, -0.25) is 0 Å². The molecular weight excluding hydrogens is 188 g/mol. The van der Waals surface area contributed by atoms with E-state index in [0.717, 1.165) is 0 Å². The van der Waals surface area contributed by atoms with E-state index in [0.29, 0.717) is 0 Å². The van der Waals surface area contributed by atoms with E-state index >= 15 is 0 Å². The van der Waals surface area contributed by atoms with Gasteiger partial charge in [0.25, 0.3) is 5.51 Å². The third-order valence-electron chi connectivity index (χ3n) is 1.07. The number of carbonyl (C=O) groups excluding carboxylic acids is 1. The standard InChI is InChI=1S/C8H12N2O2S/c1-8(2,3)12-7(11)10-13-5-4-9-6-13/h4-6H,1-3H3/p+1. The van der Waals surface area contributed by atoms with Crippen LogP contribution in [-0.4, -0.2) is 16.7 Å². The molecule has 0 saturated carbocycles. The summed E-state index contributed by atoms with van der Waals surface area (Å²) in [6, 6.07) is 0. The molecule has 0 aliphatic rings. The summed E-state index contributed by atoms with van der Waals surface area (Å²) in [5.74, 6) is 0. The molecule has 1 amide bonds. The Morgan fingerprint density at radius 1 is 1.54 bits per heavy atom. The van der Waals surface area contributed by atoms with Gasteiger partial charge in [0.05, 0.1) is 6.20 Å². The first-order valence-corrected chi connectivity index (χ1v) is 5.24. The molecule has 0 aliphatic carbocycles. The van der Waals surface area contributed by atoms with Crippen LogP contribution in [0.3, 0.4) is 0 Å². The van der Waals surface area contributed by atoms with Gasteiger partial charge in [0.1, 0.15) is 16.3 Å². The summed E-state index contributed by atoms with van der Waals surface area (Å²) in [5, 5.41) is 1.81. The van der Waals surface area contributed by atoms with Gasteiger partial charge >= 0.3 is 6.09 Å². The Labute approximate surface area is 80.0 Å². The number of rotatable bonds is 1. The summed E-state index contributed by atoms with van der Waals surface area (Å²) in [4.78, 5) is 15.0. The van der Waals surface area contributed by atoms with Crippen LogP contribution in [-0.2, 0) is 4.74 Å². The average Bonchev–Trinajstić information content (AvgIpc) is 2.34. The molecule has 0 saturated heterocycles. The van der Waals surface area contributed by atoms with E-state index in [1.165, 1.54) is 0 Å². The van der Waals surface area contributed by atoms with Gasteiger partial charge in [0, 0.05) is 0 Å². The van der Waals surface area contributed by atoms with Gasteiger partial charge in [-0.25, -0.2) is 9.78 Å². The van der Waals surface area contributed by atoms with Crippen LogP contribution in [0.15, 0.2) is 17.1 Å². The summed E-state index contributed by atoms with van der Waals surface area (Å²) in [6.07, 6.45) is 1.24. The van der Waals surface area contributed by atoms with Gasteiger partial charge in [0.2, 0.25) is 0 Å². The molecule has 0 fully saturated rings. The summed E-state index contributed by atoms with van der Waals surface area (Å²) >= 11 is 0. The molecule has 0 bridgehead atoms. The van der Waals surface area contributed by atoms with Crippen molar-refractivity contribution in [1.82, 2.24) is 4.98 Å². The fourth-order valence-electron chi connectivity index (χ4n) is 0.692. The van der Waals surface area contributed by atoms with Crippen LogP contribution in [0, 0.1) is 0 Å². The van der Waals surface area contributed by atoms with Crippen molar-refractivity contribution in [3.05, 3.63) is 17.1 Å². The normalized spacial score (nSPS) is 12.4. The molecular formula is C8H13N2O2S+. The van der Waals surface area contributed by atoms with Gasteiger partial charge in [-0.05, 0) is 20.8 Å². The fourth-order valence-corrected chi connectivity index (χ4v) is 1.52. The van der Waals surface area contributed by atoms with E-state index in [2.05, 4.69) is 9.71 Å². The smallest absolute Gasteiger partial charge is 0.441 e. The molecule has 0 radical (unpaired) electrons. The van der Waals surface area contributed by atoms with Crippen LogP contribution in [0.2, 0.25) is 0 Å². The molecule has 5 heteroatoms. The first-order chi connectivity index (χ1) is 5.97. The molecule has 1 aromatic heterocycles. The van der Waals surface area contributed by atoms with E-state index in [1.807, 2.05) is 26.2 Å². The number of amides is 1. The first-order valence-electron chi connectivity index (χ1n) is 3.89. The topological polar surface area (TPSA) is 51.2 Å². The fraction of sp³-hybridized carbons (Fsp3) is 0.500. The molecule has 1 aromatic rings. The molecule has 1 N–H and O–H groups in total. The quantitative estimate of drug-likeness (QED) is 0.709. The van der Waals surface area contributed by atoms with Crippen molar-refractivity contribution in [1.29, 1.82) is 0 Å². The van der Waals surface area contributed by atoms with Gasteiger partial charge in [-0.2, -0.15) is 0 Å². The predicted molar refractivity (Wildman–Crippen MR) is 52.3 cm³/mol. The van der Waals surface area contributed by atoms with Gasteiger partial charge in [-0.1, -0.05) is 0 Å². The Bertz CT molecular complexity index is 277. The van der Waals surface area contributed by atoms with Gasteiger partial charge in [-0.15, -0.1) is 4.72 Å². The van der Waals surface area contributed by atoms with E-state index < -0.39 is 11.7 Å². The Morgan fingerprint density at radius 3 is 2.69 bits per heavy atom. The van der Waals surface area contributed by atoms with Crippen LogP contribution in [0.25, 0.3) is 0 Å². The van der Waals surface area contributed by atoms with Crippen molar-refractivity contribution in [3.8, 4) is 0 Å². The molecule has 1 atom stereocenters. The van der Waals surface area contributed by atoms with Crippen molar-refractivity contribution in [3.63, 3.8) is 0 Å². The molecule has 1 heterocycles. The van der Waals surface area contributed by atoms with E-state index in [-0.39, 0.29) is 10.7 Å². The average molecular weight is 201 g/mol. The lowest BCUT2D eigenvalue weighted by atomic mass is 10.2. The van der Waals surface area contributed by atoms with Crippen molar-refractivity contribution >= 4 is 16.7 Å². The maximum Gasteiger partial charge on any atom is 0.453 e. The Hall–Kier alpha value is -1.10. The maximum absolute atomic E-state index is 11.2. The second-order valence-electron chi connectivity index (χ2n) is 3.52. The zero-order chi connectivity index (χ0) is 9.90. The highest BCUT2D eigenvalue weighted by Crippen LogP contribution is 2.13. The number of hydrogen-bond donors (Lipinski definition) is 1. The molecule has 0 spiro atoms. The number of nitrogens with zero attached hydrogens (tertiary/aromatic N) is 1. The van der Waals surface area contributed by atoms with Crippen LogP contribution in [0.4, 0.5) is 4.79 Å².